The van der Waals surface area contributed by atoms with Crippen LogP contribution in [0.3, 0.4) is 0 Å². The van der Waals surface area contributed by atoms with E-state index in [1.54, 1.807) is 0 Å². The summed E-state index contributed by atoms with van der Waals surface area (Å²) in [5.41, 5.74) is -0.994. The monoisotopic (exact) mass is 206 g/mol. The van der Waals surface area contributed by atoms with Crippen LogP contribution in [0.25, 0.3) is 0 Å². The molecule has 0 saturated carbocycles. The predicted octanol–water partition coefficient (Wildman–Crippen LogP) is 0.0343. The van der Waals surface area contributed by atoms with Crippen molar-refractivity contribution in [3.05, 3.63) is 21.9 Å². The third kappa shape index (κ3) is 1.77. The highest BCUT2D eigenvalue weighted by molar-refractivity contribution is 7.60. The van der Waals surface area contributed by atoms with Crippen LogP contribution in [0.5, 0.6) is 0 Å². The van der Waals surface area contributed by atoms with Gasteiger partial charge in [-0.05, 0) is 6.92 Å². The zero-order valence-electron chi connectivity index (χ0n) is 6.59. The Balaban J connectivity index is 3.40. The van der Waals surface area contributed by atoms with E-state index in [0.29, 0.717) is 0 Å². The molecule has 8 heteroatoms. The van der Waals surface area contributed by atoms with Crippen LogP contribution in [0, 0.1) is 17.0 Å². The minimum absolute atomic E-state index is 0.198. The van der Waals surface area contributed by atoms with Crippen molar-refractivity contribution in [2.24, 2.45) is 0 Å². The van der Waals surface area contributed by atoms with E-state index in [9.17, 15) is 14.7 Å². The van der Waals surface area contributed by atoms with E-state index in [4.69, 9.17) is 9.79 Å². The summed E-state index contributed by atoms with van der Waals surface area (Å²) >= 11 is 0. The molecule has 0 fully saturated rings. The number of hydrogen-bond acceptors (Lipinski definition) is 3. The summed E-state index contributed by atoms with van der Waals surface area (Å²) in [6.07, 6.45) is 1.19. The first-order valence-electron chi connectivity index (χ1n) is 3.22. The van der Waals surface area contributed by atoms with E-state index in [-0.39, 0.29) is 5.56 Å². The van der Waals surface area contributed by atoms with Gasteiger partial charge in [0.2, 0.25) is 5.44 Å². The predicted molar refractivity (Wildman–Crippen MR) is 43.9 cm³/mol. The third-order valence-electron chi connectivity index (χ3n) is 1.50. The molecule has 0 unspecified atom stereocenters. The fourth-order valence-electron chi connectivity index (χ4n) is 0.953. The van der Waals surface area contributed by atoms with Gasteiger partial charge >= 0.3 is 13.3 Å². The lowest BCUT2D eigenvalue weighted by molar-refractivity contribution is -0.384. The standard InChI is InChI=1S/C5H7N2O5P/c1-3-2-6-5(13(10,11)12)4(3)7(8)9/h2,6H,1H3,(H2,10,11,12). The Morgan fingerprint density at radius 1 is 1.62 bits per heavy atom. The molecule has 0 aliphatic heterocycles. The summed E-state index contributed by atoms with van der Waals surface area (Å²) in [5.74, 6) is 0. The largest absolute Gasteiger partial charge is 0.379 e. The molecule has 0 saturated heterocycles. The fourth-order valence-corrected chi connectivity index (χ4v) is 1.72. The molecule has 0 spiro atoms. The number of nitro groups is 1. The molecule has 0 aliphatic carbocycles. The van der Waals surface area contributed by atoms with Crippen molar-refractivity contribution in [3.8, 4) is 0 Å². The van der Waals surface area contributed by atoms with Crippen molar-refractivity contribution in [2.45, 2.75) is 6.92 Å². The first kappa shape index (κ1) is 9.91. The Labute approximate surface area is 72.7 Å². The maximum atomic E-state index is 10.7. The quantitative estimate of drug-likeness (QED) is 0.358. The first-order chi connectivity index (χ1) is 5.84. The van der Waals surface area contributed by atoms with Gasteiger partial charge in [0.05, 0.1) is 4.92 Å². The molecule has 1 rings (SSSR count). The number of nitrogens with one attached hydrogen (secondary N) is 1. The highest BCUT2D eigenvalue weighted by Crippen LogP contribution is 2.37. The summed E-state index contributed by atoms with van der Waals surface area (Å²) in [6, 6.07) is 0. The van der Waals surface area contributed by atoms with Crippen LogP contribution < -0.4 is 5.44 Å². The van der Waals surface area contributed by atoms with E-state index < -0.39 is 23.6 Å². The van der Waals surface area contributed by atoms with Crippen molar-refractivity contribution in [2.75, 3.05) is 0 Å². The van der Waals surface area contributed by atoms with Crippen molar-refractivity contribution in [1.29, 1.82) is 0 Å². The zero-order chi connectivity index (χ0) is 10.2. The minimum atomic E-state index is -4.59. The smallest absolute Gasteiger partial charge is 0.349 e. The molecule has 7 nitrogen and oxygen atoms in total. The molecule has 0 amide bonds. The molecular formula is C5H7N2O5P. The third-order valence-corrected chi connectivity index (χ3v) is 2.42. The maximum absolute atomic E-state index is 10.7. The second kappa shape index (κ2) is 2.95. The van der Waals surface area contributed by atoms with Gasteiger partial charge in [0.1, 0.15) is 0 Å². The Morgan fingerprint density at radius 2 is 2.15 bits per heavy atom. The minimum Gasteiger partial charge on any atom is -0.349 e. The average molecular weight is 206 g/mol. The van der Waals surface area contributed by atoms with Gasteiger partial charge in [0.25, 0.3) is 0 Å². The highest BCUT2D eigenvalue weighted by atomic mass is 31.2. The van der Waals surface area contributed by atoms with Gasteiger partial charge in [-0.15, -0.1) is 0 Å². The molecular weight excluding hydrogens is 199 g/mol. The van der Waals surface area contributed by atoms with Crippen LogP contribution in [-0.4, -0.2) is 19.7 Å². The van der Waals surface area contributed by atoms with Gasteiger partial charge in [-0.25, -0.2) is 0 Å². The summed E-state index contributed by atoms with van der Waals surface area (Å²) in [4.78, 5) is 29.2. The number of hydrogen-bond donors (Lipinski definition) is 3. The van der Waals surface area contributed by atoms with Crippen LogP contribution in [-0.2, 0) is 4.57 Å². The summed E-state index contributed by atoms with van der Waals surface area (Å²) in [5, 5.41) is 10.4. The van der Waals surface area contributed by atoms with Crippen molar-refractivity contribution in [3.63, 3.8) is 0 Å². The topological polar surface area (TPSA) is 116 Å². The average Bonchev–Trinajstić information content (AvgIpc) is 2.28. The second-order valence-corrected chi connectivity index (χ2v) is 4.01. The lowest BCUT2D eigenvalue weighted by Gasteiger charge is -1.99. The molecule has 0 bridgehead atoms. The molecule has 72 valence electrons. The molecule has 0 atom stereocenters. The Bertz CT molecular complexity index is 392. The van der Waals surface area contributed by atoms with Gasteiger partial charge in [-0.3, -0.25) is 14.7 Å². The molecule has 0 aliphatic rings. The number of aryl methyl sites for hydroxylation is 1. The van der Waals surface area contributed by atoms with Gasteiger partial charge in [0, 0.05) is 11.8 Å². The zero-order valence-corrected chi connectivity index (χ0v) is 7.49. The van der Waals surface area contributed by atoms with E-state index in [1.807, 2.05) is 0 Å². The van der Waals surface area contributed by atoms with E-state index in [0.717, 1.165) is 0 Å². The van der Waals surface area contributed by atoms with Gasteiger partial charge in [-0.1, -0.05) is 0 Å². The number of aromatic amines is 1. The normalized spacial score (nSPS) is 11.6. The van der Waals surface area contributed by atoms with Crippen LogP contribution in [0.4, 0.5) is 5.69 Å². The van der Waals surface area contributed by atoms with Gasteiger partial charge in [0.15, 0.2) is 0 Å². The maximum Gasteiger partial charge on any atom is 0.379 e. The molecule has 13 heavy (non-hydrogen) atoms. The Kier molecular flexibility index (Phi) is 2.25. The van der Waals surface area contributed by atoms with Crippen LogP contribution in [0.2, 0.25) is 0 Å². The molecule has 1 aromatic heterocycles. The fraction of sp³-hybridized carbons (Fsp3) is 0.200. The van der Waals surface area contributed by atoms with Crippen molar-refractivity contribution >= 4 is 18.7 Å². The lowest BCUT2D eigenvalue weighted by atomic mass is 10.3. The summed E-state index contributed by atoms with van der Waals surface area (Å²) in [6.45, 7) is 1.40. The van der Waals surface area contributed by atoms with Crippen LogP contribution in [0.15, 0.2) is 6.20 Å². The second-order valence-electron chi connectivity index (χ2n) is 2.47. The molecule has 1 heterocycles. The summed E-state index contributed by atoms with van der Waals surface area (Å²) < 4.78 is 10.7. The molecule has 3 N–H and O–H groups in total. The van der Waals surface area contributed by atoms with Crippen LogP contribution in [0.1, 0.15) is 5.56 Å². The van der Waals surface area contributed by atoms with Crippen LogP contribution >= 0.6 is 7.60 Å². The number of nitrogens with zero attached hydrogens (tertiary/aromatic N) is 1. The van der Waals surface area contributed by atoms with E-state index in [2.05, 4.69) is 4.98 Å². The molecule has 0 aromatic carbocycles. The highest BCUT2D eigenvalue weighted by Gasteiger charge is 2.32. The number of rotatable bonds is 2. The number of aromatic nitrogens is 1. The molecule has 1 aromatic rings. The Morgan fingerprint density at radius 3 is 2.46 bits per heavy atom. The summed E-state index contributed by atoms with van der Waals surface area (Å²) in [7, 11) is -4.59. The SMILES string of the molecule is Cc1c[nH]c(P(=O)(O)O)c1[N+](=O)[O-]. The lowest BCUT2D eigenvalue weighted by Crippen LogP contribution is -2.10. The first-order valence-corrected chi connectivity index (χ1v) is 4.83. The van der Waals surface area contributed by atoms with Gasteiger partial charge in [-0.2, -0.15) is 0 Å². The number of H-pyrrole nitrogens is 1. The Hall–Kier alpha value is -1.17. The van der Waals surface area contributed by atoms with Gasteiger partial charge < -0.3 is 14.8 Å². The van der Waals surface area contributed by atoms with Crippen molar-refractivity contribution in [1.82, 2.24) is 4.98 Å². The van der Waals surface area contributed by atoms with Crippen molar-refractivity contribution < 1.29 is 19.3 Å². The van der Waals surface area contributed by atoms with E-state index >= 15 is 0 Å². The van der Waals surface area contributed by atoms with E-state index in [1.165, 1.54) is 13.1 Å². The molecule has 0 radical (unpaired) electrons.